The number of fused-ring (bicyclic) bond motifs is 1. The van der Waals surface area contributed by atoms with E-state index in [1.165, 1.54) is 6.20 Å². The van der Waals surface area contributed by atoms with Crippen LogP contribution in [0, 0.1) is 10.1 Å². The zero-order valence-electron chi connectivity index (χ0n) is 23.1. The molecular formula is C29H34F3N5O4. The van der Waals surface area contributed by atoms with E-state index < -0.39 is 16.7 Å². The third kappa shape index (κ3) is 6.92. The SMILES string of the molecule is C[C@@H]1CN(c2ccc(OCC3CCn4cc([N+](=O)[O-])nc4O3)cc2)C[C@H](C)N1CCCc1ccc(C(F)(F)F)cc1. The highest BCUT2D eigenvalue weighted by atomic mass is 19.4. The lowest BCUT2D eigenvalue weighted by atomic mass is 10.0. The van der Waals surface area contributed by atoms with E-state index in [2.05, 4.69) is 28.6 Å². The summed E-state index contributed by atoms with van der Waals surface area (Å²) < 4.78 is 51.8. The van der Waals surface area contributed by atoms with Crippen LogP contribution in [0.4, 0.5) is 24.7 Å². The number of anilines is 1. The zero-order valence-corrected chi connectivity index (χ0v) is 23.1. The quantitative estimate of drug-likeness (QED) is 0.244. The van der Waals surface area contributed by atoms with E-state index >= 15 is 0 Å². The summed E-state index contributed by atoms with van der Waals surface area (Å²) in [5.41, 5.74) is 1.43. The second-order valence-corrected chi connectivity index (χ2v) is 10.8. The highest BCUT2D eigenvalue weighted by Gasteiger charge is 2.31. The van der Waals surface area contributed by atoms with Crippen molar-refractivity contribution in [2.75, 3.05) is 31.1 Å². The number of hydrogen-bond donors (Lipinski definition) is 0. The molecule has 1 unspecified atom stereocenters. The minimum absolute atomic E-state index is 0.222. The Labute approximate surface area is 236 Å². The van der Waals surface area contributed by atoms with E-state index in [4.69, 9.17) is 9.47 Å². The Hall–Kier alpha value is -3.80. The molecule has 0 aliphatic carbocycles. The number of hydrogen-bond acceptors (Lipinski definition) is 7. The second kappa shape index (κ2) is 12.0. The molecule has 5 rings (SSSR count). The van der Waals surface area contributed by atoms with Gasteiger partial charge in [0.1, 0.15) is 24.7 Å². The minimum Gasteiger partial charge on any atom is -0.490 e. The van der Waals surface area contributed by atoms with Gasteiger partial charge in [0.05, 0.1) is 5.56 Å². The number of rotatable bonds is 9. The van der Waals surface area contributed by atoms with Crippen molar-refractivity contribution in [1.29, 1.82) is 0 Å². The largest absolute Gasteiger partial charge is 0.490 e. The highest BCUT2D eigenvalue weighted by molar-refractivity contribution is 5.50. The number of imidazole rings is 1. The summed E-state index contributed by atoms with van der Waals surface area (Å²) in [5.74, 6) is 0.500. The van der Waals surface area contributed by atoms with Crippen molar-refractivity contribution in [2.45, 2.75) is 64.0 Å². The number of aryl methyl sites for hydroxylation is 2. The van der Waals surface area contributed by atoms with Gasteiger partial charge in [-0.2, -0.15) is 13.2 Å². The topological polar surface area (TPSA) is 85.9 Å². The van der Waals surface area contributed by atoms with Gasteiger partial charge < -0.3 is 24.5 Å². The standard InChI is InChI=1S/C29H34F3N5O4/c1-20-16-35(17-21(2)36(20)14-3-4-22-5-7-23(8-6-22)29(30,31)32)24-9-11-25(12-10-24)40-19-26-13-15-34-18-27(37(38)39)33-28(34)41-26/h5-12,18,20-21,26H,3-4,13-17,19H2,1-2H3/t20-,21+,26?. The van der Waals surface area contributed by atoms with E-state index in [0.29, 0.717) is 31.7 Å². The van der Waals surface area contributed by atoms with Crippen LogP contribution in [-0.4, -0.2) is 63.8 Å². The number of nitro groups is 1. The monoisotopic (exact) mass is 573 g/mol. The fraction of sp³-hybridized carbons (Fsp3) is 0.483. The molecule has 2 aliphatic rings. The third-order valence-electron chi connectivity index (χ3n) is 7.78. The van der Waals surface area contributed by atoms with E-state index in [0.717, 1.165) is 61.6 Å². The predicted octanol–water partition coefficient (Wildman–Crippen LogP) is 5.57. The molecule has 0 spiro atoms. The Bertz CT molecular complexity index is 1320. The minimum atomic E-state index is -4.30. The van der Waals surface area contributed by atoms with Gasteiger partial charge in [0.2, 0.25) is 0 Å². The maximum absolute atomic E-state index is 12.8. The van der Waals surface area contributed by atoms with Crippen LogP contribution in [0.15, 0.2) is 54.7 Å². The maximum Gasteiger partial charge on any atom is 0.416 e. The van der Waals surface area contributed by atoms with E-state index in [-0.39, 0.29) is 17.9 Å². The van der Waals surface area contributed by atoms with Gasteiger partial charge in [-0.1, -0.05) is 12.1 Å². The van der Waals surface area contributed by atoms with Crippen LogP contribution in [0.25, 0.3) is 0 Å². The summed E-state index contributed by atoms with van der Waals surface area (Å²) in [6.07, 6.45) is -0.859. The normalized spacial score (nSPS) is 21.3. The highest BCUT2D eigenvalue weighted by Crippen LogP contribution is 2.30. The molecule has 9 nitrogen and oxygen atoms in total. The number of halogens is 3. The second-order valence-electron chi connectivity index (χ2n) is 10.8. The lowest BCUT2D eigenvalue weighted by molar-refractivity contribution is -0.389. The van der Waals surface area contributed by atoms with E-state index in [9.17, 15) is 23.3 Å². The molecule has 2 aliphatic heterocycles. The molecule has 3 atom stereocenters. The fourth-order valence-corrected chi connectivity index (χ4v) is 5.61. The molecule has 1 fully saturated rings. The van der Waals surface area contributed by atoms with Gasteiger partial charge in [-0.05, 0) is 80.1 Å². The Kier molecular flexibility index (Phi) is 8.39. The number of aromatic nitrogens is 2. The van der Waals surface area contributed by atoms with Crippen molar-refractivity contribution in [1.82, 2.24) is 14.5 Å². The maximum atomic E-state index is 12.8. The molecule has 2 aromatic carbocycles. The lowest BCUT2D eigenvalue weighted by Crippen LogP contribution is -2.57. The summed E-state index contributed by atoms with van der Waals surface area (Å²) in [7, 11) is 0. The number of alkyl halides is 3. The van der Waals surface area contributed by atoms with Crippen molar-refractivity contribution < 1.29 is 27.6 Å². The van der Waals surface area contributed by atoms with Gasteiger partial charge in [-0.25, -0.2) is 0 Å². The molecule has 220 valence electrons. The molecule has 0 N–H and O–H groups in total. The van der Waals surface area contributed by atoms with Crippen LogP contribution >= 0.6 is 0 Å². The molecule has 0 saturated carbocycles. The van der Waals surface area contributed by atoms with Gasteiger partial charge in [-0.15, -0.1) is 0 Å². The number of nitrogens with zero attached hydrogens (tertiary/aromatic N) is 5. The van der Waals surface area contributed by atoms with Crippen LogP contribution in [0.2, 0.25) is 0 Å². The van der Waals surface area contributed by atoms with Crippen LogP contribution in [-0.2, 0) is 19.1 Å². The Morgan fingerprint density at radius 1 is 1.07 bits per heavy atom. The molecule has 1 aromatic heterocycles. The average molecular weight is 574 g/mol. The Morgan fingerprint density at radius 3 is 2.39 bits per heavy atom. The average Bonchev–Trinajstić information content (AvgIpc) is 3.37. The lowest BCUT2D eigenvalue weighted by Gasteiger charge is -2.45. The number of ether oxygens (including phenoxy) is 2. The van der Waals surface area contributed by atoms with Crippen LogP contribution in [0.3, 0.4) is 0 Å². The predicted molar refractivity (Wildman–Crippen MR) is 147 cm³/mol. The van der Waals surface area contributed by atoms with Crippen molar-refractivity contribution in [3.63, 3.8) is 0 Å². The summed E-state index contributed by atoms with van der Waals surface area (Å²) in [6.45, 7) is 7.96. The van der Waals surface area contributed by atoms with Gasteiger partial charge in [-0.3, -0.25) is 9.47 Å². The number of piperazine rings is 1. The fourth-order valence-electron chi connectivity index (χ4n) is 5.61. The first-order chi connectivity index (χ1) is 19.6. The molecule has 0 bridgehead atoms. The third-order valence-corrected chi connectivity index (χ3v) is 7.78. The molecule has 3 heterocycles. The Morgan fingerprint density at radius 2 is 1.76 bits per heavy atom. The Balaban J connectivity index is 1.07. The van der Waals surface area contributed by atoms with Crippen LogP contribution in [0.5, 0.6) is 11.8 Å². The summed E-state index contributed by atoms with van der Waals surface area (Å²) in [6, 6.07) is 14.3. The zero-order chi connectivity index (χ0) is 29.1. The van der Waals surface area contributed by atoms with Gasteiger partial charge in [0, 0.05) is 48.8 Å². The summed E-state index contributed by atoms with van der Waals surface area (Å²) >= 11 is 0. The first kappa shape index (κ1) is 28.7. The van der Waals surface area contributed by atoms with Gasteiger partial charge in [0.15, 0.2) is 0 Å². The molecular weight excluding hydrogens is 539 g/mol. The van der Waals surface area contributed by atoms with E-state index in [1.54, 1.807) is 16.7 Å². The van der Waals surface area contributed by atoms with Crippen LogP contribution < -0.4 is 14.4 Å². The van der Waals surface area contributed by atoms with Gasteiger partial charge in [0.25, 0.3) is 0 Å². The first-order valence-corrected chi connectivity index (χ1v) is 13.8. The van der Waals surface area contributed by atoms with Gasteiger partial charge >= 0.3 is 18.0 Å². The van der Waals surface area contributed by atoms with E-state index in [1.807, 2.05) is 24.3 Å². The van der Waals surface area contributed by atoms with Crippen molar-refractivity contribution in [2.24, 2.45) is 0 Å². The van der Waals surface area contributed by atoms with Crippen LogP contribution in [0.1, 0.15) is 37.8 Å². The van der Waals surface area contributed by atoms with Crippen molar-refractivity contribution >= 4 is 11.5 Å². The van der Waals surface area contributed by atoms with Crippen molar-refractivity contribution in [3.05, 3.63) is 76.0 Å². The first-order valence-electron chi connectivity index (χ1n) is 13.8. The van der Waals surface area contributed by atoms with Crippen molar-refractivity contribution in [3.8, 4) is 11.8 Å². The smallest absolute Gasteiger partial charge is 0.416 e. The molecule has 1 saturated heterocycles. The molecule has 41 heavy (non-hydrogen) atoms. The molecule has 3 aromatic rings. The summed E-state index contributed by atoms with van der Waals surface area (Å²) in [4.78, 5) is 19.2. The molecule has 12 heteroatoms. The molecule has 0 amide bonds. The molecule has 0 radical (unpaired) electrons. The number of benzene rings is 2. The summed E-state index contributed by atoms with van der Waals surface area (Å²) in [5, 5.41) is 10.9.